The van der Waals surface area contributed by atoms with Crippen LogP contribution in [0.4, 0.5) is 4.39 Å². The average Bonchev–Trinajstić information content (AvgIpc) is 2.31. The zero-order valence-corrected chi connectivity index (χ0v) is 11.0. The van der Waals surface area contributed by atoms with Crippen LogP contribution in [0.3, 0.4) is 0 Å². The van der Waals surface area contributed by atoms with E-state index in [0.29, 0.717) is 11.0 Å². The first-order valence-corrected chi connectivity index (χ1v) is 5.76. The summed E-state index contributed by atoms with van der Waals surface area (Å²) >= 11 is 3.16. The summed E-state index contributed by atoms with van der Waals surface area (Å²) in [5, 5.41) is 2.85. The highest BCUT2D eigenvalue weighted by molar-refractivity contribution is 9.10. The Kier molecular flexibility index (Phi) is 5.31. The molecule has 1 N–H and O–H groups in total. The first kappa shape index (κ1) is 13.9. The number of ether oxygens (including phenoxy) is 1. The van der Waals surface area contributed by atoms with Gasteiger partial charge in [-0.2, -0.15) is 0 Å². The Morgan fingerprint density at radius 2 is 2.41 bits per heavy atom. The summed E-state index contributed by atoms with van der Waals surface area (Å²) in [5.41, 5.74) is 0.252. The van der Waals surface area contributed by atoms with Crippen LogP contribution in [0.15, 0.2) is 35.3 Å². The molecule has 1 unspecified atom stereocenters. The van der Waals surface area contributed by atoms with Gasteiger partial charge in [-0.25, -0.2) is 9.18 Å². The van der Waals surface area contributed by atoms with Gasteiger partial charge >= 0.3 is 5.97 Å². The molecule has 17 heavy (non-hydrogen) atoms. The molecule has 0 radical (unpaired) electrons. The van der Waals surface area contributed by atoms with Crippen molar-refractivity contribution in [3.05, 3.63) is 46.7 Å². The number of rotatable bonds is 5. The summed E-state index contributed by atoms with van der Waals surface area (Å²) in [4.78, 5) is 11.6. The second-order valence-electron chi connectivity index (χ2n) is 3.32. The molecule has 0 bridgehead atoms. The quantitative estimate of drug-likeness (QED) is 0.671. The number of carbonyl (C=O) groups is 1. The molecule has 0 amide bonds. The first-order chi connectivity index (χ1) is 8.10. The summed E-state index contributed by atoms with van der Waals surface area (Å²) in [7, 11) is 1.27. The van der Waals surface area contributed by atoms with Crippen LogP contribution >= 0.6 is 15.9 Å². The molecule has 5 heteroatoms. The smallest absolute Gasteiger partial charge is 0.327 e. The molecule has 1 rings (SSSR count). The van der Waals surface area contributed by atoms with Gasteiger partial charge in [0.2, 0.25) is 0 Å². The molecular weight excluding hydrogens is 289 g/mol. The number of methoxy groups -OCH3 is 1. The molecule has 0 spiro atoms. The van der Waals surface area contributed by atoms with Crippen LogP contribution in [0.1, 0.15) is 11.6 Å². The Balaban J connectivity index is 3.03. The lowest BCUT2D eigenvalue weighted by Crippen LogP contribution is -2.30. The predicted octanol–water partition coefficient (Wildman–Crippen LogP) is 2.58. The lowest BCUT2D eigenvalue weighted by Gasteiger charge is -2.16. The summed E-state index contributed by atoms with van der Waals surface area (Å²) in [6.07, 6.45) is 1.59. The largest absolute Gasteiger partial charge is 0.468 e. The topological polar surface area (TPSA) is 38.3 Å². The molecule has 0 fully saturated rings. The van der Waals surface area contributed by atoms with E-state index in [1.165, 1.54) is 19.2 Å². The van der Waals surface area contributed by atoms with E-state index in [2.05, 4.69) is 32.6 Å². The minimum atomic E-state index is -0.828. The molecule has 0 aliphatic carbocycles. The molecule has 0 saturated carbocycles. The van der Waals surface area contributed by atoms with Crippen molar-refractivity contribution in [3.63, 3.8) is 0 Å². The van der Waals surface area contributed by atoms with Crippen molar-refractivity contribution in [2.45, 2.75) is 6.04 Å². The fourth-order valence-corrected chi connectivity index (χ4v) is 1.71. The fraction of sp³-hybridized carbons (Fsp3) is 0.250. The molecule has 1 aromatic carbocycles. The van der Waals surface area contributed by atoms with Gasteiger partial charge in [0, 0.05) is 16.6 Å². The summed E-state index contributed by atoms with van der Waals surface area (Å²) in [6, 6.07) is 3.69. The Labute approximate surface area is 108 Å². The van der Waals surface area contributed by atoms with Crippen molar-refractivity contribution in [2.24, 2.45) is 0 Å². The van der Waals surface area contributed by atoms with Crippen molar-refractivity contribution in [3.8, 4) is 0 Å². The molecule has 0 saturated heterocycles. The van der Waals surface area contributed by atoms with Crippen LogP contribution in [0.25, 0.3) is 0 Å². The van der Waals surface area contributed by atoms with Crippen LogP contribution in [0.2, 0.25) is 0 Å². The minimum absolute atomic E-state index is 0.252. The molecule has 1 aromatic rings. The van der Waals surface area contributed by atoms with Gasteiger partial charge in [0.1, 0.15) is 11.9 Å². The highest BCUT2D eigenvalue weighted by Gasteiger charge is 2.23. The Morgan fingerprint density at radius 1 is 1.71 bits per heavy atom. The molecule has 3 nitrogen and oxygen atoms in total. The van der Waals surface area contributed by atoms with Gasteiger partial charge in [0.25, 0.3) is 0 Å². The lowest BCUT2D eigenvalue weighted by atomic mass is 10.1. The van der Waals surface area contributed by atoms with E-state index in [0.717, 1.165) is 0 Å². The number of halogens is 2. The number of benzene rings is 1. The zero-order chi connectivity index (χ0) is 12.8. The van der Waals surface area contributed by atoms with Crippen LogP contribution < -0.4 is 5.32 Å². The highest BCUT2D eigenvalue weighted by atomic mass is 79.9. The molecule has 0 aromatic heterocycles. The van der Waals surface area contributed by atoms with E-state index < -0.39 is 17.8 Å². The van der Waals surface area contributed by atoms with E-state index >= 15 is 0 Å². The summed E-state index contributed by atoms with van der Waals surface area (Å²) < 4.78 is 19.0. The minimum Gasteiger partial charge on any atom is -0.468 e. The van der Waals surface area contributed by atoms with Gasteiger partial charge in [-0.3, -0.25) is 5.32 Å². The first-order valence-electron chi connectivity index (χ1n) is 4.97. The van der Waals surface area contributed by atoms with Crippen molar-refractivity contribution in [1.29, 1.82) is 0 Å². The second-order valence-corrected chi connectivity index (χ2v) is 4.23. The van der Waals surface area contributed by atoms with E-state index in [4.69, 9.17) is 0 Å². The maximum Gasteiger partial charge on any atom is 0.327 e. The SMILES string of the molecule is C=CCNC(C(=O)OC)c1ccc(Br)cc1F. The van der Waals surface area contributed by atoms with Crippen molar-refractivity contribution in [1.82, 2.24) is 5.32 Å². The number of nitrogens with one attached hydrogen (secondary N) is 1. The lowest BCUT2D eigenvalue weighted by molar-refractivity contribution is -0.143. The third-order valence-corrected chi connectivity index (χ3v) is 2.67. The molecule has 0 heterocycles. The van der Waals surface area contributed by atoms with E-state index in [9.17, 15) is 9.18 Å². The fourth-order valence-electron chi connectivity index (χ4n) is 1.37. The molecular formula is C12H13BrFNO2. The number of hydrogen-bond donors (Lipinski definition) is 1. The Bertz CT molecular complexity index is 423. The third-order valence-electron chi connectivity index (χ3n) is 2.18. The highest BCUT2D eigenvalue weighted by Crippen LogP contribution is 2.22. The van der Waals surface area contributed by atoms with Crippen molar-refractivity contribution in [2.75, 3.05) is 13.7 Å². The summed E-state index contributed by atoms with van der Waals surface area (Å²) in [6.45, 7) is 3.92. The van der Waals surface area contributed by atoms with E-state index in [1.54, 1.807) is 12.1 Å². The Hall–Kier alpha value is -1.20. The third kappa shape index (κ3) is 3.64. The van der Waals surface area contributed by atoms with Crippen LogP contribution in [-0.4, -0.2) is 19.6 Å². The van der Waals surface area contributed by atoms with E-state index in [-0.39, 0.29) is 5.56 Å². The standard InChI is InChI=1S/C12H13BrFNO2/c1-3-6-15-11(12(16)17-2)9-5-4-8(13)7-10(9)14/h3-5,7,11,15H,1,6H2,2H3. The predicted molar refractivity (Wildman–Crippen MR) is 67.1 cm³/mol. The van der Waals surface area contributed by atoms with E-state index in [1.807, 2.05) is 0 Å². The molecule has 0 aliphatic heterocycles. The number of carbonyl (C=O) groups excluding carboxylic acids is 1. The van der Waals surface area contributed by atoms with Crippen molar-refractivity contribution >= 4 is 21.9 Å². The van der Waals surface area contributed by atoms with Crippen molar-refractivity contribution < 1.29 is 13.9 Å². The number of hydrogen-bond acceptors (Lipinski definition) is 3. The van der Waals surface area contributed by atoms with Crippen LogP contribution in [0, 0.1) is 5.82 Å². The molecule has 1 atom stereocenters. The van der Waals surface area contributed by atoms with Gasteiger partial charge < -0.3 is 4.74 Å². The Morgan fingerprint density at radius 3 is 2.94 bits per heavy atom. The van der Waals surface area contributed by atoms with Gasteiger partial charge in [0.05, 0.1) is 7.11 Å². The zero-order valence-electron chi connectivity index (χ0n) is 9.37. The average molecular weight is 302 g/mol. The van der Waals surface area contributed by atoms with Crippen LogP contribution in [0.5, 0.6) is 0 Å². The normalized spacial score (nSPS) is 11.9. The second kappa shape index (κ2) is 6.51. The van der Waals surface area contributed by atoms with Gasteiger partial charge in [-0.05, 0) is 12.1 Å². The van der Waals surface area contributed by atoms with Gasteiger partial charge in [-0.15, -0.1) is 6.58 Å². The van der Waals surface area contributed by atoms with Gasteiger partial charge in [-0.1, -0.05) is 28.1 Å². The maximum atomic E-state index is 13.7. The number of esters is 1. The molecule has 0 aliphatic rings. The maximum absolute atomic E-state index is 13.7. The molecule has 92 valence electrons. The monoisotopic (exact) mass is 301 g/mol. The van der Waals surface area contributed by atoms with Crippen LogP contribution in [-0.2, 0) is 9.53 Å². The van der Waals surface area contributed by atoms with Gasteiger partial charge in [0.15, 0.2) is 0 Å². The summed E-state index contributed by atoms with van der Waals surface area (Å²) in [5.74, 6) is -1.00.